The van der Waals surface area contributed by atoms with Gasteiger partial charge in [-0.2, -0.15) is 0 Å². The van der Waals surface area contributed by atoms with Crippen molar-refractivity contribution in [3.63, 3.8) is 0 Å². The maximum Gasteiger partial charge on any atom is 0.119 e. The van der Waals surface area contributed by atoms with Gasteiger partial charge in [0, 0.05) is 13.1 Å². The van der Waals surface area contributed by atoms with Gasteiger partial charge in [-0.05, 0) is 63.0 Å². The van der Waals surface area contributed by atoms with Gasteiger partial charge >= 0.3 is 0 Å². The van der Waals surface area contributed by atoms with Crippen molar-refractivity contribution in [2.75, 3.05) is 39.3 Å². The number of nitrogens with zero attached hydrogens (tertiary/aromatic N) is 1. The van der Waals surface area contributed by atoms with E-state index in [1.807, 2.05) is 0 Å². The molecule has 112 valence electrons. The molecule has 0 aliphatic carbocycles. The molecule has 1 aliphatic rings. The third-order valence-electron chi connectivity index (χ3n) is 3.77. The molecule has 1 fully saturated rings. The summed E-state index contributed by atoms with van der Waals surface area (Å²) in [6.07, 6.45) is 4.75. The van der Waals surface area contributed by atoms with Crippen molar-refractivity contribution >= 4 is 0 Å². The smallest absolute Gasteiger partial charge is 0.119 e. The first-order chi connectivity index (χ1) is 9.88. The highest BCUT2D eigenvalue weighted by Gasteiger charge is 2.07. The first-order valence-corrected chi connectivity index (χ1v) is 8.03. The lowest BCUT2D eigenvalue weighted by Gasteiger charge is -2.19. The Morgan fingerprint density at radius 3 is 2.80 bits per heavy atom. The molecule has 1 aromatic carbocycles. The van der Waals surface area contributed by atoms with E-state index < -0.39 is 0 Å². The summed E-state index contributed by atoms with van der Waals surface area (Å²) in [4.78, 5) is 2.58. The lowest BCUT2D eigenvalue weighted by atomic mass is 10.1. The Morgan fingerprint density at radius 1 is 1.15 bits per heavy atom. The zero-order valence-corrected chi connectivity index (χ0v) is 12.7. The molecule has 0 aromatic heterocycles. The van der Waals surface area contributed by atoms with Crippen LogP contribution in [0.5, 0.6) is 5.75 Å². The molecular formula is C17H28N2O. The number of rotatable bonds is 7. The van der Waals surface area contributed by atoms with Crippen LogP contribution in [0, 0.1) is 0 Å². The number of hydrogen-bond acceptors (Lipinski definition) is 3. The molecule has 0 saturated carbocycles. The van der Waals surface area contributed by atoms with E-state index in [0.29, 0.717) is 0 Å². The first-order valence-electron chi connectivity index (χ1n) is 8.03. The van der Waals surface area contributed by atoms with Gasteiger partial charge in [0.25, 0.3) is 0 Å². The van der Waals surface area contributed by atoms with Gasteiger partial charge < -0.3 is 15.0 Å². The molecular weight excluding hydrogens is 248 g/mol. The average Bonchev–Trinajstić information content (AvgIpc) is 2.75. The van der Waals surface area contributed by atoms with Crippen LogP contribution >= 0.6 is 0 Å². The summed E-state index contributed by atoms with van der Waals surface area (Å²) in [7, 11) is 0. The fourth-order valence-corrected chi connectivity index (χ4v) is 2.60. The number of benzene rings is 1. The predicted molar refractivity (Wildman–Crippen MR) is 84.5 cm³/mol. The SMILES string of the molecule is CCCOc1ccc(CCCN2CCCNCC2)cc1. The van der Waals surface area contributed by atoms with E-state index in [0.717, 1.165) is 31.7 Å². The first kappa shape index (κ1) is 15.3. The van der Waals surface area contributed by atoms with Crippen LogP contribution in [-0.4, -0.2) is 44.2 Å². The average molecular weight is 276 g/mol. The fraction of sp³-hybridized carbons (Fsp3) is 0.647. The normalized spacial score (nSPS) is 16.9. The minimum Gasteiger partial charge on any atom is -0.494 e. The summed E-state index contributed by atoms with van der Waals surface area (Å²) in [6, 6.07) is 8.60. The van der Waals surface area contributed by atoms with Crippen molar-refractivity contribution in [1.29, 1.82) is 0 Å². The topological polar surface area (TPSA) is 24.5 Å². The number of aryl methyl sites for hydroxylation is 1. The molecule has 0 bridgehead atoms. The number of ether oxygens (including phenoxy) is 1. The summed E-state index contributed by atoms with van der Waals surface area (Å²) in [5.41, 5.74) is 1.42. The largest absolute Gasteiger partial charge is 0.494 e. The van der Waals surface area contributed by atoms with Gasteiger partial charge in [0.2, 0.25) is 0 Å². The molecule has 0 unspecified atom stereocenters. The minimum absolute atomic E-state index is 0.808. The van der Waals surface area contributed by atoms with Gasteiger partial charge in [-0.15, -0.1) is 0 Å². The van der Waals surface area contributed by atoms with Crippen molar-refractivity contribution in [3.8, 4) is 5.75 Å². The highest BCUT2D eigenvalue weighted by molar-refractivity contribution is 5.27. The summed E-state index contributed by atoms with van der Waals surface area (Å²) in [5.74, 6) is 0.995. The second kappa shape index (κ2) is 8.98. The van der Waals surface area contributed by atoms with E-state index in [4.69, 9.17) is 4.74 Å². The quantitative estimate of drug-likeness (QED) is 0.828. The van der Waals surface area contributed by atoms with E-state index in [2.05, 4.69) is 41.4 Å². The molecule has 1 aliphatic heterocycles. The second-order valence-corrected chi connectivity index (χ2v) is 5.54. The van der Waals surface area contributed by atoms with Gasteiger partial charge in [0.05, 0.1) is 6.61 Å². The minimum atomic E-state index is 0.808. The van der Waals surface area contributed by atoms with Crippen LogP contribution in [0.1, 0.15) is 31.7 Å². The zero-order valence-electron chi connectivity index (χ0n) is 12.7. The Morgan fingerprint density at radius 2 is 2.00 bits per heavy atom. The van der Waals surface area contributed by atoms with Crippen LogP contribution < -0.4 is 10.1 Å². The molecule has 0 spiro atoms. The third-order valence-corrected chi connectivity index (χ3v) is 3.77. The Labute approximate surface area is 123 Å². The summed E-state index contributed by atoms with van der Waals surface area (Å²) in [5, 5.41) is 3.45. The lowest BCUT2D eigenvalue weighted by molar-refractivity contribution is 0.289. The lowest BCUT2D eigenvalue weighted by Crippen LogP contribution is -2.29. The maximum absolute atomic E-state index is 5.61. The fourth-order valence-electron chi connectivity index (χ4n) is 2.60. The van der Waals surface area contributed by atoms with Gasteiger partial charge in [0.15, 0.2) is 0 Å². The van der Waals surface area contributed by atoms with Crippen molar-refractivity contribution in [2.24, 2.45) is 0 Å². The molecule has 0 atom stereocenters. The van der Waals surface area contributed by atoms with Gasteiger partial charge in [-0.1, -0.05) is 19.1 Å². The molecule has 1 N–H and O–H groups in total. The van der Waals surface area contributed by atoms with Crippen LogP contribution in [0.25, 0.3) is 0 Å². The van der Waals surface area contributed by atoms with Crippen LogP contribution in [0.3, 0.4) is 0 Å². The molecule has 20 heavy (non-hydrogen) atoms. The Bertz CT molecular complexity index is 356. The highest BCUT2D eigenvalue weighted by Crippen LogP contribution is 2.14. The van der Waals surface area contributed by atoms with Crippen molar-refractivity contribution in [3.05, 3.63) is 29.8 Å². The summed E-state index contributed by atoms with van der Waals surface area (Å²) in [6.45, 7) is 8.92. The number of nitrogens with one attached hydrogen (secondary N) is 1. The Kier molecular flexibility index (Phi) is 6.89. The van der Waals surface area contributed by atoms with Crippen LogP contribution in [0.4, 0.5) is 0 Å². The molecule has 1 heterocycles. The van der Waals surface area contributed by atoms with E-state index in [1.165, 1.54) is 44.6 Å². The molecule has 3 heteroatoms. The van der Waals surface area contributed by atoms with Crippen LogP contribution in [0.15, 0.2) is 24.3 Å². The second-order valence-electron chi connectivity index (χ2n) is 5.54. The van der Waals surface area contributed by atoms with E-state index in [-0.39, 0.29) is 0 Å². The van der Waals surface area contributed by atoms with Crippen LogP contribution in [-0.2, 0) is 6.42 Å². The highest BCUT2D eigenvalue weighted by atomic mass is 16.5. The van der Waals surface area contributed by atoms with Gasteiger partial charge in [0.1, 0.15) is 5.75 Å². The standard InChI is InChI=1S/C17H28N2O/c1-2-15-20-17-8-6-16(7-9-17)5-3-12-19-13-4-10-18-11-14-19/h6-9,18H,2-5,10-15H2,1H3. The summed E-state index contributed by atoms with van der Waals surface area (Å²) < 4.78 is 5.61. The zero-order chi connectivity index (χ0) is 14.0. The van der Waals surface area contributed by atoms with Crippen molar-refractivity contribution in [2.45, 2.75) is 32.6 Å². The van der Waals surface area contributed by atoms with Crippen molar-refractivity contribution in [1.82, 2.24) is 10.2 Å². The monoisotopic (exact) mass is 276 g/mol. The Balaban J connectivity index is 1.68. The van der Waals surface area contributed by atoms with E-state index in [1.54, 1.807) is 0 Å². The third kappa shape index (κ3) is 5.51. The molecule has 1 saturated heterocycles. The van der Waals surface area contributed by atoms with Crippen LogP contribution in [0.2, 0.25) is 0 Å². The number of hydrogen-bond donors (Lipinski definition) is 1. The summed E-state index contributed by atoms with van der Waals surface area (Å²) >= 11 is 0. The van der Waals surface area contributed by atoms with Gasteiger partial charge in [-0.3, -0.25) is 0 Å². The van der Waals surface area contributed by atoms with E-state index >= 15 is 0 Å². The molecule has 0 amide bonds. The van der Waals surface area contributed by atoms with E-state index in [9.17, 15) is 0 Å². The maximum atomic E-state index is 5.61. The van der Waals surface area contributed by atoms with Gasteiger partial charge in [-0.25, -0.2) is 0 Å². The molecule has 0 radical (unpaired) electrons. The molecule has 1 aromatic rings. The Hall–Kier alpha value is -1.06. The predicted octanol–water partition coefficient (Wildman–Crippen LogP) is 2.70. The van der Waals surface area contributed by atoms with Crippen molar-refractivity contribution < 1.29 is 4.74 Å². The molecule has 3 nitrogen and oxygen atoms in total. The molecule has 2 rings (SSSR count).